The average Bonchev–Trinajstić information content (AvgIpc) is 1.04. The Morgan fingerprint density at radius 2 is 0.469 bits per heavy atom. The van der Waals surface area contributed by atoms with Gasteiger partial charge in [-0.3, -0.25) is 37.3 Å². The van der Waals surface area contributed by atoms with Crippen molar-refractivity contribution in [1.82, 2.24) is 0 Å². The van der Waals surface area contributed by atoms with Crippen LogP contribution in [0.15, 0.2) is 24.3 Å². The lowest BCUT2D eigenvalue weighted by Gasteiger charge is -2.21. The molecule has 17 nitrogen and oxygen atoms in total. The molecule has 0 aliphatic carbocycles. The first kappa shape index (κ1) is 95.5. The smallest absolute Gasteiger partial charge is 0.462 e. The lowest BCUT2D eigenvalue weighted by Crippen LogP contribution is -2.30. The predicted molar refractivity (Wildman–Crippen MR) is 400 cm³/mol. The van der Waals surface area contributed by atoms with Crippen molar-refractivity contribution in [3.63, 3.8) is 0 Å². The Balaban J connectivity index is 5.29. The number of phosphoric acid groups is 2. The summed E-state index contributed by atoms with van der Waals surface area (Å²) in [6.07, 6.45) is 67.2. The Bertz CT molecular complexity index is 1950. The molecule has 0 fully saturated rings. The van der Waals surface area contributed by atoms with Crippen LogP contribution < -0.4 is 0 Å². The first-order valence-corrected chi connectivity index (χ1v) is 43.6. The molecule has 0 radical (unpaired) electrons. The van der Waals surface area contributed by atoms with E-state index in [1.165, 1.54) is 199 Å². The van der Waals surface area contributed by atoms with Gasteiger partial charge in [-0.1, -0.05) is 322 Å². The van der Waals surface area contributed by atoms with Gasteiger partial charge < -0.3 is 33.8 Å². The molecule has 0 heterocycles. The molecular weight excluding hydrogens is 1280 g/mol. The number of rotatable bonds is 78. The van der Waals surface area contributed by atoms with Gasteiger partial charge in [0.25, 0.3) is 0 Å². The van der Waals surface area contributed by atoms with Crippen LogP contribution in [0, 0.1) is 0 Å². The second-order valence-electron chi connectivity index (χ2n) is 27.7. The normalized spacial score (nSPS) is 14.0. The van der Waals surface area contributed by atoms with Crippen LogP contribution in [-0.2, 0) is 65.4 Å². The lowest BCUT2D eigenvalue weighted by atomic mass is 10.0. The monoisotopic (exact) mass is 1430 g/mol. The molecule has 0 aliphatic heterocycles. The molecule has 0 spiro atoms. The number of carbonyl (C=O) groups excluding carboxylic acids is 4. The van der Waals surface area contributed by atoms with Crippen LogP contribution in [0.5, 0.6) is 0 Å². The van der Waals surface area contributed by atoms with Crippen LogP contribution in [0.2, 0.25) is 0 Å². The van der Waals surface area contributed by atoms with Crippen molar-refractivity contribution in [2.75, 3.05) is 39.6 Å². The number of hydrogen-bond acceptors (Lipinski definition) is 15. The molecule has 0 aromatic carbocycles. The second-order valence-corrected chi connectivity index (χ2v) is 30.6. The number of phosphoric ester groups is 2. The lowest BCUT2D eigenvalue weighted by molar-refractivity contribution is -0.161. The van der Waals surface area contributed by atoms with Crippen molar-refractivity contribution in [1.29, 1.82) is 0 Å². The van der Waals surface area contributed by atoms with Crippen LogP contribution in [0.1, 0.15) is 400 Å². The summed E-state index contributed by atoms with van der Waals surface area (Å²) in [4.78, 5) is 73.0. The summed E-state index contributed by atoms with van der Waals surface area (Å²) in [7, 11) is -9.93. The van der Waals surface area contributed by atoms with E-state index >= 15 is 0 Å². The van der Waals surface area contributed by atoms with E-state index in [0.717, 1.165) is 122 Å². The van der Waals surface area contributed by atoms with E-state index < -0.39 is 97.5 Å². The minimum atomic E-state index is -4.96. The highest BCUT2D eigenvalue weighted by Crippen LogP contribution is 2.45. The van der Waals surface area contributed by atoms with Crippen molar-refractivity contribution in [2.24, 2.45) is 0 Å². The predicted octanol–water partition coefficient (Wildman–Crippen LogP) is 23.3. The Hall–Kier alpha value is -2.46. The minimum Gasteiger partial charge on any atom is -0.462 e. The first-order valence-electron chi connectivity index (χ1n) is 40.6. The number of aliphatic hydroxyl groups is 1. The van der Waals surface area contributed by atoms with E-state index in [4.69, 9.17) is 37.0 Å². The fourth-order valence-electron chi connectivity index (χ4n) is 11.7. The van der Waals surface area contributed by atoms with E-state index in [-0.39, 0.29) is 25.7 Å². The third-order valence-electron chi connectivity index (χ3n) is 17.9. The maximum atomic E-state index is 13.1. The Kier molecular flexibility index (Phi) is 71.0. The summed E-state index contributed by atoms with van der Waals surface area (Å²) < 4.78 is 68.6. The molecule has 0 aliphatic rings. The number of esters is 4. The fraction of sp³-hybridized carbons (Fsp3) is 0.899. The molecule has 0 rings (SSSR count). The van der Waals surface area contributed by atoms with Crippen LogP contribution in [0.3, 0.4) is 0 Å². The highest BCUT2D eigenvalue weighted by Gasteiger charge is 2.30. The van der Waals surface area contributed by atoms with Crippen molar-refractivity contribution in [2.45, 2.75) is 418 Å². The number of carbonyl (C=O) groups is 4. The van der Waals surface area contributed by atoms with E-state index in [9.17, 15) is 43.2 Å². The molecule has 19 heteroatoms. The number of unbranched alkanes of at least 4 members (excludes halogenated alkanes) is 48. The zero-order chi connectivity index (χ0) is 71.8. The van der Waals surface area contributed by atoms with Gasteiger partial charge in [-0.15, -0.1) is 0 Å². The van der Waals surface area contributed by atoms with Crippen LogP contribution in [0.4, 0.5) is 0 Å². The highest BCUT2D eigenvalue weighted by molar-refractivity contribution is 7.47. The van der Waals surface area contributed by atoms with Gasteiger partial charge in [-0.2, -0.15) is 0 Å². The minimum absolute atomic E-state index is 0.0937. The quantitative estimate of drug-likeness (QED) is 0.0169. The summed E-state index contributed by atoms with van der Waals surface area (Å²) in [6.45, 7) is 4.95. The van der Waals surface area contributed by atoms with Gasteiger partial charge in [-0.05, 0) is 77.0 Å². The van der Waals surface area contributed by atoms with Crippen LogP contribution in [0.25, 0.3) is 0 Å². The molecule has 0 aromatic rings. The second kappa shape index (κ2) is 72.9. The summed E-state index contributed by atoms with van der Waals surface area (Å²) in [6, 6.07) is 0. The zero-order valence-corrected chi connectivity index (χ0v) is 65.0. The van der Waals surface area contributed by atoms with Gasteiger partial charge in [0.2, 0.25) is 0 Å². The van der Waals surface area contributed by atoms with E-state index in [0.29, 0.717) is 25.7 Å². The standard InChI is InChI=1S/C79H150O17P2/c1-5-9-13-17-21-25-29-33-36-40-43-47-51-55-59-63-76(81)89-69-74(95-78(83)65-61-57-53-49-45-39-32-28-24-20-16-12-8-4)71-93-97(85,86)91-67-73(80)68-92-98(87,88)94-72-75(96-79(84)66-62-58-54-50-46-42-38-35-31-27-23-19-15-11-7-3)70-90-77(82)64-60-56-52-48-44-41-37-34-30-26-22-18-14-10-6-2/h26,28,30,32,73-75,80H,5-25,27,29,31,33-72H2,1-4H3,(H,85,86)(H,87,88)/b30-26-,32-28-/t73-,74+,75+/m0/s1. The van der Waals surface area contributed by atoms with Gasteiger partial charge in [0, 0.05) is 25.7 Å². The molecule has 2 unspecified atom stereocenters. The Labute approximate surface area is 599 Å². The molecule has 578 valence electrons. The molecule has 0 saturated heterocycles. The largest absolute Gasteiger partial charge is 0.472 e. The van der Waals surface area contributed by atoms with Crippen molar-refractivity contribution >= 4 is 39.5 Å². The summed E-state index contributed by atoms with van der Waals surface area (Å²) in [5, 5.41) is 10.6. The number of hydrogen-bond donors (Lipinski definition) is 3. The average molecular weight is 1430 g/mol. The van der Waals surface area contributed by atoms with Gasteiger partial charge in [0.15, 0.2) is 12.2 Å². The SMILES string of the molecule is CCCCCC/C=C\CCCCCCCCCC(=O)OC[C@H](COP(=O)(O)OC[C@@H](O)COP(=O)(O)OC[C@@H](COC(=O)CCCCCCCCCCCCCCCCC)OC(=O)CCCCCCC/C=C\CCCCCC)OC(=O)CCCCCCCCCCCCCCCCC. The fourth-order valence-corrected chi connectivity index (χ4v) is 13.3. The van der Waals surface area contributed by atoms with E-state index in [2.05, 4.69) is 52.0 Å². The Morgan fingerprint density at radius 3 is 0.714 bits per heavy atom. The number of allylic oxidation sites excluding steroid dienone is 4. The molecular formula is C79H150O17P2. The highest BCUT2D eigenvalue weighted by atomic mass is 31.2. The van der Waals surface area contributed by atoms with Gasteiger partial charge in [-0.25, -0.2) is 9.13 Å². The molecule has 0 aromatic heterocycles. The molecule has 5 atom stereocenters. The van der Waals surface area contributed by atoms with Crippen molar-refractivity contribution in [3.8, 4) is 0 Å². The van der Waals surface area contributed by atoms with Crippen LogP contribution in [-0.4, -0.2) is 96.7 Å². The van der Waals surface area contributed by atoms with E-state index in [1.54, 1.807) is 0 Å². The Morgan fingerprint density at radius 1 is 0.276 bits per heavy atom. The van der Waals surface area contributed by atoms with Gasteiger partial charge >= 0.3 is 39.5 Å². The molecule has 0 saturated carbocycles. The number of aliphatic hydroxyl groups excluding tert-OH is 1. The molecule has 3 N–H and O–H groups in total. The third kappa shape index (κ3) is 71.9. The van der Waals surface area contributed by atoms with Crippen molar-refractivity contribution < 1.29 is 80.2 Å². The molecule has 0 amide bonds. The zero-order valence-electron chi connectivity index (χ0n) is 63.2. The summed E-state index contributed by atoms with van der Waals surface area (Å²) in [5.41, 5.74) is 0. The molecule has 0 bridgehead atoms. The van der Waals surface area contributed by atoms with E-state index in [1.807, 2.05) is 0 Å². The van der Waals surface area contributed by atoms with Crippen LogP contribution >= 0.6 is 15.6 Å². The first-order chi connectivity index (χ1) is 47.7. The maximum Gasteiger partial charge on any atom is 0.472 e. The summed E-state index contributed by atoms with van der Waals surface area (Å²) >= 11 is 0. The van der Waals surface area contributed by atoms with Crippen molar-refractivity contribution in [3.05, 3.63) is 24.3 Å². The number of ether oxygens (including phenoxy) is 4. The maximum absolute atomic E-state index is 13.1. The van der Waals surface area contributed by atoms with Gasteiger partial charge in [0.05, 0.1) is 26.4 Å². The molecule has 98 heavy (non-hydrogen) atoms. The van der Waals surface area contributed by atoms with Gasteiger partial charge in [0.1, 0.15) is 19.3 Å². The third-order valence-corrected chi connectivity index (χ3v) is 19.8. The topological polar surface area (TPSA) is 237 Å². The summed E-state index contributed by atoms with van der Waals surface area (Å²) in [5.74, 6) is -2.14.